The third kappa shape index (κ3) is 7.27. The molecule has 4 rings (SSSR count). The maximum atomic E-state index is 11.6. The molecule has 0 amide bonds. The van der Waals surface area contributed by atoms with Crippen molar-refractivity contribution in [2.75, 3.05) is 19.8 Å². The molecule has 0 aliphatic rings. The van der Waals surface area contributed by atoms with Crippen molar-refractivity contribution in [3.63, 3.8) is 0 Å². The van der Waals surface area contributed by atoms with Gasteiger partial charge in [0, 0.05) is 17.4 Å². The van der Waals surface area contributed by atoms with Crippen LogP contribution in [-0.2, 0) is 9.47 Å². The number of aliphatic hydroxyl groups is 1. The van der Waals surface area contributed by atoms with Crippen LogP contribution in [0.15, 0.2) is 24.3 Å². The van der Waals surface area contributed by atoms with E-state index in [0.29, 0.717) is 10.8 Å². The molecule has 15 nitrogen and oxygen atoms in total. The summed E-state index contributed by atoms with van der Waals surface area (Å²) in [6.45, 7) is 5.59. The number of hydrogen-bond acceptors (Lipinski definition) is 15. The first-order valence-electron chi connectivity index (χ1n) is 11.5. The average molecular weight is 613 g/mol. The van der Waals surface area contributed by atoms with Gasteiger partial charge in [-0.25, -0.2) is 9.59 Å². The Balaban J connectivity index is 0.000000262. The number of aromatic hydroxyl groups is 4. The van der Waals surface area contributed by atoms with Gasteiger partial charge in [0.2, 0.25) is 11.5 Å². The summed E-state index contributed by atoms with van der Waals surface area (Å²) < 4.78 is 9.82. The predicted molar refractivity (Wildman–Crippen MR) is 148 cm³/mol. The fourth-order valence-electron chi connectivity index (χ4n) is 3.23. The molecule has 0 saturated heterocycles. The van der Waals surface area contributed by atoms with E-state index in [4.69, 9.17) is 14.6 Å². The van der Waals surface area contributed by atoms with Crippen LogP contribution >= 0.6 is 22.7 Å². The lowest BCUT2D eigenvalue weighted by molar-refractivity contribution is -0.384. The van der Waals surface area contributed by atoms with Crippen LogP contribution in [0, 0.1) is 20.2 Å². The van der Waals surface area contributed by atoms with Crippen LogP contribution in [0.2, 0.25) is 0 Å². The zero-order valence-electron chi connectivity index (χ0n) is 21.6. The van der Waals surface area contributed by atoms with Gasteiger partial charge in [-0.2, -0.15) is 0 Å². The first-order valence-corrected chi connectivity index (χ1v) is 13.2. The summed E-state index contributed by atoms with van der Waals surface area (Å²) in [6, 6.07) is 5.09. The third-order valence-corrected chi connectivity index (χ3v) is 7.06. The third-order valence-electron chi connectivity index (χ3n) is 4.79. The summed E-state index contributed by atoms with van der Waals surface area (Å²) in [7, 11) is 0. The molecule has 5 N–H and O–H groups in total. The number of thiophene rings is 2. The summed E-state index contributed by atoms with van der Waals surface area (Å²) >= 11 is 1.67. The lowest BCUT2D eigenvalue weighted by atomic mass is 10.2. The molecule has 2 aromatic heterocycles. The Morgan fingerprint density at radius 2 is 1.05 bits per heavy atom. The second kappa shape index (κ2) is 14.1. The molecule has 0 unspecified atom stereocenters. The SMILES string of the molecule is CCO.CCOC(=O)c1cc2cc(O)c(O)c([N+](=O)[O-])c2s1.CCOC(=O)c1cc2cc(O)c(O)c([N+](=O)[O-])c2s1. The first-order chi connectivity index (χ1) is 19.3. The van der Waals surface area contributed by atoms with Gasteiger partial charge in [0.15, 0.2) is 11.5 Å². The second-order valence-electron chi connectivity index (χ2n) is 7.52. The van der Waals surface area contributed by atoms with Crippen LogP contribution < -0.4 is 0 Å². The number of carbonyl (C=O) groups excluding carboxylic acids is 2. The Morgan fingerprint density at radius 1 is 0.732 bits per heavy atom. The van der Waals surface area contributed by atoms with E-state index in [1.807, 2.05) is 0 Å². The van der Waals surface area contributed by atoms with Crippen molar-refractivity contribution in [1.29, 1.82) is 0 Å². The van der Waals surface area contributed by atoms with Crippen molar-refractivity contribution in [3.8, 4) is 23.0 Å². The monoisotopic (exact) mass is 612 g/mol. The predicted octanol–water partition coefficient (Wildman–Crippen LogP) is 4.79. The summed E-state index contributed by atoms with van der Waals surface area (Å²) in [6.07, 6.45) is 0. The van der Waals surface area contributed by atoms with Gasteiger partial charge in [0.05, 0.1) is 23.1 Å². The topological polar surface area (TPSA) is 240 Å². The summed E-state index contributed by atoms with van der Waals surface area (Å²) in [4.78, 5) is 43.7. The van der Waals surface area contributed by atoms with E-state index in [0.717, 1.165) is 34.8 Å². The van der Waals surface area contributed by atoms with Gasteiger partial charge in [-0.15, -0.1) is 22.7 Å². The van der Waals surface area contributed by atoms with Gasteiger partial charge in [-0.1, -0.05) is 0 Å². The zero-order chi connectivity index (χ0) is 31.0. The van der Waals surface area contributed by atoms with E-state index in [1.54, 1.807) is 20.8 Å². The highest BCUT2D eigenvalue weighted by atomic mass is 32.1. The number of fused-ring (bicyclic) bond motifs is 2. The van der Waals surface area contributed by atoms with E-state index >= 15 is 0 Å². The van der Waals surface area contributed by atoms with Crippen LogP contribution in [0.1, 0.15) is 40.1 Å². The molecule has 220 valence electrons. The highest BCUT2D eigenvalue weighted by molar-refractivity contribution is 7.21. The van der Waals surface area contributed by atoms with E-state index < -0.39 is 56.2 Å². The number of hydrogen-bond donors (Lipinski definition) is 5. The molecule has 2 heterocycles. The number of benzene rings is 2. The number of nitro benzene ring substituents is 2. The molecule has 0 aliphatic heterocycles. The second-order valence-corrected chi connectivity index (χ2v) is 9.62. The van der Waals surface area contributed by atoms with Gasteiger partial charge in [-0.3, -0.25) is 20.2 Å². The van der Waals surface area contributed by atoms with Crippen LogP contribution in [0.3, 0.4) is 0 Å². The van der Waals surface area contributed by atoms with Gasteiger partial charge >= 0.3 is 23.3 Å². The average Bonchev–Trinajstić information content (AvgIpc) is 3.50. The Kier molecular flexibility index (Phi) is 11.1. The van der Waals surface area contributed by atoms with E-state index in [1.165, 1.54) is 12.1 Å². The number of esters is 2. The molecule has 0 atom stereocenters. The summed E-state index contributed by atoms with van der Waals surface area (Å²) in [5.74, 6) is -4.03. The summed E-state index contributed by atoms with van der Waals surface area (Å²) in [5.41, 5.74) is -1.23. The molecule has 0 saturated carbocycles. The van der Waals surface area contributed by atoms with Crippen molar-refractivity contribution < 1.29 is 54.4 Å². The van der Waals surface area contributed by atoms with Crippen LogP contribution in [0.4, 0.5) is 11.4 Å². The maximum absolute atomic E-state index is 11.6. The number of ether oxygens (including phenoxy) is 2. The fourth-order valence-corrected chi connectivity index (χ4v) is 5.33. The Bertz CT molecular complexity index is 1490. The first kappa shape index (κ1) is 32.5. The van der Waals surface area contributed by atoms with E-state index in [2.05, 4.69) is 0 Å². The van der Waals surface area contributed by atoms with Gasteiger partial charge < -0.3 is 35.0 Å². The number of carbonyl (C=O) groups is 2. The molecule has 0 fully saturated rings. The highest BCUT2D eigenvalue weighted by Gasteiger charge is 2.27. The van der Waals surface area contributed by atoms with Gasteiger partial charge in [-0.05, 0) is 45.0 Å². The number of phenols is 4. The largest absolute Gasteiger partial charge is 0.504 e. The smallest absolute Gasteiger partial charge is 0.348 e. The Labute approximate surface area is 238 Å². The molecule has 0 bridgehead atoms. The lowest BCUT2D eigenvalue weighted by Gasteiger charge is -1.99. The number of nitro groups is 2. The van der Waals surface area contributed by atoms with Crippen molar-refractivity contribution in [3.05, 3.63) is 54.2 Å². The molecule has 4 aromatic rings. The molecule has 0 aliphatic carbocycles. The molecule has 0 spiro atoms. The minimum Gasteiger partial charge on any atom is -0.504 e. The Hall–Kier alpha value is -4.74. The Morgan fingerprint density at radius 3 is 1.32 bits per heavy atom. The molecular formula is C24H24N2O13S2. The molecule has 0 radical (unpaired) electrons. The standard InChI is InChI=1S/2C11H9NO6S.C2H6O/c2*1-2-18-11(15)7-4-5-3-6(13)9(14)8(12(16)17)10(5)19-7;1-2-3/h2*3-4,13-14H,2H2,1H3;3H,2H2,1H3. The van der Waals surface area contributed by atoms with E-state index in [-0.39, 0.29) is 39.0 Å². The maximum Gasteiger partial charge on any atom is 0.348 e. The minimum absolute atomic E-state index is 0.114. The number of rotatable bonds is 6. The zero-order valence-corrected chi connectivity index (χ0v) is 23.3. The van der Waals surface area contributed by atoms with Crippen molar-refractivity contribution in [2.45, 2.75) is 20.8 Å². The quantitative estimate of drug-likeness (QED) is 0.0852. The lowest BCUT2D eigenvalue weighted by Crippen LogP contribution is -2.01. The van der Waals surface area contributed by atoms with Gasteiger partial charge in [0.1, 0.15) is 19.2 Å². The number of aliphatic hydroxyl groups excluding tert-OH is 1. The normalized spacial score (nSPS) is 10.2. The molecule has 17 heteroatoms. The minimum atomic E-state index is -0.810. The van der Waals surface area contributed by atoms with Crippen molar-refractivity contribution in [2.24, 2.45) is 0 Å². The molecular weight excluding hydrogens is 588 g/mol. The summed E-state index contributed by atoms with van der Waals surface area (Å²) in [5, 5.41) is 67.9. The van der Waals surface area contributed by atoms with Crippen LogP contribution in [0.5, 0.6) is 23.0 Å². The number of nitrogens with zero attached hydrogens (tertiary/aromatic N) is 2. The highest BCUT2D eigenvalue weighted by Crippen LogP contribution is 2.46. The van der Waals surface area contributed by atoms with Crippen molar-refractivity contribution in [1.82, 2.24) is 0 Å². The van der Waals surface area contributed by atoms with E-state index in [9.17, 15) is 50.2 Å². The van der Waals surface area contributed by atoms with Gasteiger partial charge in [0.25, 0.3) is 0 Å². The van der Waals surface area contributed by atoms with Crippen LogP contribution in [0.25, 0.3) is 20.2 Å². The van der Waals surface area contributed by atoms with Crippen LogP contribution in [-0.4, -0.2) is 67.1 Å². The fraction of sp³-hybridized carbons (Fsp3) is 0.250. The molecule has 2 aromatic carbocycles. The number of phenolic OH excluding ortho intramolecular Hbond substituents is 4. The molecule has 41 heavy (non-hydrogen) atoms. The van der Waals surface area contributed by atoms with Crippen molar-refractivity contribution >= 4 is 66.2 Å².